The maximum absolute atomic E-state index is 12.3. The highest BCUT2D eigenvalue weighted by atomic mass is 32.2. The van der Waals surface area contributed by atoms with Crippen molar-refractivity contribution in [1.29, 1.82) is 0 Å². The van der Waals surface area contributed by atoms with E-state index in [0.717, 1.165) is 42.6 Å². The molecule has 0 radical (unpaired) electrons. The van der Waals surface area contributed by atoms with Crippen molar-refractivity contribution in [1.82, 2.24) is 0 Å². The smallest absolute Gasteiger partial charge is 0.345 e. The SMILES string of the molecule is CC#CC1(OC(=O)COc2c(C)cc([S+]3CCCC3)cc2C)CCCC1. The van der Waals surface area contributed by atoms with Crippen molar-refractivity contribution >= 4 is 16.9 Å². The number of hydrogen-bond acceptors (Lipinski definition) is 3. The van der Waals surface area contributed by atoms with Gasteiger partial charge in [0.15, 0.2) is 17.1 Å². The van der Waals surface area contributed by atoms with Crippen LogP contribution in [-0.4, -0.2) is 29.7 Å². The van der Waals surface area contributed by atoms with Gasteiger partial charge >= 0.3 is 5.97 Å². The zero-order valence-corrected chi connectivity index (χ0v) is 17.0. The predicted molar refractivity (Wildman–Crippen MR) is 107 cm³/mol. The van der Waals surface area contributed by atoms with Gasteiger partial charge in [-0.2, -0.15) is 0 Å². The van der Waals surface area contributed by atoms with E-state index in [4.69, 9.17) is 9.47 Å². The fourth-order valence-corrected chi connectivity index (χ4v) is 6.47. The van der Waals surface area contributed by atoms with Crippen LogP contribution in [0.1, 0.15) is 56.6 Å². The first-order valence-corrected chi connectivity index (χ1v) is 11.2. The zero-order chi connectivity index (χ0) is 18.6. The van der Waals surface area contributed by atoms with Crippen LogP contribution in [0.15, 0.2) is 17.0 Å². The topological polar surface area (TPSA) is 35.5 Å². The van der Waals surface area contributed by atoms with Gasteiger partial charge in [0.2, 0.25) is 0 Å². The lowest BCUT2D eigenvalue weighted by atomic mass is 10.0. The minimum atomic E-state index is -0.591. The van der Waals surface area contributed by atoms with Crippen LogP contribution < -0.4 is 4.74 Å². The maximum Gasteiger partial charge on any atom is 0.345 e. The number of aryl methyl sites for hydroxylation is 2. The van der Waals surface area contributed by atoms with Crippen molar-refractivity contribution in [3.8, 4) is 17.6 Å². The second-order valence-corrected chi connectivity index (χ2v) is 9.61. The first kappa shape index (κ1) is 19.2. The minimum Gasteiger partial charge on any atom is -0.481 e. The number of esters is 1. The molecule has 1 aliphatic carbocycles. The van der Waals surface area contributed by atoms with Crippen molar-refractivity contribution < 1.29 is 14.3 Å². The van der Waals surface area contributed by atoms with Gasteiger partial charge in [0.1, 0.15) is 17.3 Å². The van der Waals surface area contributed by atoms with Crippen LogP contribution in [-0.2, 0) is 20.4 Å². The van der Waals surface area contributed by atoms with Crippen LogP contribution in [0.4, 0.5) is 0 Å². The van der Waals surface area contributed by atoms with E-state index in [1.165, 1.54) is 29.2 Å². The molecule has 1 heterocycles. The third kappa shape index (κ3) is 4.38. The number of benzene rings is 1. The average Bonchev–Trinajstić information content (AvgIpc) is 3.26. The molecule has 1 saturated heterocycles. The Morgan fingerprint density at radius 1 is 1.12 bits per heavy atom. The molecule has 1 saturated carbocycles. The van der Waals surface area contributed by atoms with E-state index in [-0.39, 0.29) is 12.6 Å². The first-order valence-electron chi connectivity index (χ1n) is 9.60. The lowest BCUT2D eigenvalue weighted by molar-refractivity contribution is -0.156. The van der Waals surface area contributed by atoms with Crippen molar-refractivity contribution in [2.24, 2.45) is 0 Å². The molecule has 0 N–H and O–H groups in total. The van der Waals surface area contributed by atoms with Gasteiger partial charge in [-0.25, -0.2) is 4.79 Å². The molecule has 0 bridgehead atoms. The van der Waals surface area contributed by atoms with Crippen LogP contribution >= 0.6 is 0 Å². The average molecular weight is 374 g/mol. The molecule has 2 aliphatic rings. The van der Waals surface area contributed by atoms with Gasteiger partial charge in [-0.3, -0.25) is 0 Å². The highest BCUT2D eigenvalue weighted by Gasteiger charge is 2.36. The minimum absolute atomic E-state index is 0.0557. The highest BCUT2D eigenvalue weighted by Crippen LogP contribution is 2.33. The van der Waals surface area contributed by atoms with E-state index in [9.17, 15) is 4.79 Å². The zero-order valence-electron chi connectivity index (χ0n) is 16.2. The Morgan fingerprint density at radius 2 is 1.73 bits per heavy atom. The molecule has 0 aromatic heterocycles. The van der Waals surface area contributed by atoms with Crippen molar-refractivity contribution in [2.75, 3.05) is 18.1 Å². The Bertz CT molecular complexity index is 694. The Hall–Kier alpha value is -1.60. The van der Waals surface area contributed by atoms with Crippen molar-refractivity contribution in [2.45, 2.75) is 69.8 Å². The van der Waals surface area contributed by atoms with E-state index in [1.54, 1.807) is 6.92 Å². The lowest BCUT2D eigenvalue weighted by Gasteiger charge is -2.23. The molecular weight excluding hydrogens is 344 g/mol. The molecular formula is C22H29O3S+. The third-order valence-electron chi connectivity index (χ3n) is 5.21. The Labute approximate surface area is 160 Å². The molecule has 0 spiro atoms. The monoisotopic (exact) mass is 373 g/mol. The summed E-state index contributed by atoms with van der Waals surface area (Å²) in [6.07, 6.45) is 6.46. The molecule has 1 aromatic rings. The lowest BCUT2D eigenvalue weighted by Crippen LogP contribution is -2.32. The molecule has 140 valence electrons. The maximum atomic E-state index is 12.3. The fraction of sp³-hybridized carbons (Fsp3) is 0.591. The summed E-state index contributed by atoms with van der Waals surface area (Å²) in [6.45, 7) is 5.87. The number of ether oxygens (including phenoxy) is 2. The van der Waals surface area contributed by atoms with Crippen LogP contribution in [0, 0.1) is 25.7 Å². The molecule has 1 aliphatic heterocycles. The summed E-state index contributed by atoms with van der Waals surface area (Å²) in [5, 5.41) is 0. The summed E-state index contributed by atoms with van der Waals surface area (Å²) in [6, 6.07) is 4.48. The molecule has 0 amide bonds. The molecule has 2 fully saturated rings. The number of rotatable bonds is 5. The van der Waals surface area contributed by atoms with Crippen molar-refractivity contribution in [3.63, 3.8) is 0 Å². The van der Waals surface area contributed by atoms with E-state index in [0.29, 0.717) is 10.9 Å². The van der Waals surface area contributed by atoms with E-state index >= 15 is 0 Å². The molecule has 3 nitrogen and oxygen atoms in total. The van der Waals surface area contributed by atoms with Crippen LogP contribution in [0.3, 0.4) is 0 Å². The normalized spacial score (nSPS) is 19.0. The standard InChI is InChI=1S/C22H29O3S/c1-4-9-22(10-5-6-11-22)25-20(23)16-24-21-17(2)14-19(15-18(21)3)26-12-7-8-13-26/h14-15H,5-8,10-13,16H2,1-3H3/q+1. The summed E-state index contributed by atoms with van der Waals surface area (Å²) < 4.78 is 11.6. The van der Waals surface area contributed by atoms with Gasteiger partial charge in [-0.15, -0.1) is 5.92 Å². The molecule has 26 heavy (non-hydrogen) atoms. The third-order valence-corrected chi connectivity index (χ3v) is 7.67. The molecule has 3 rings (SSSR count). The van der Waals surface area contributed by atoms with E-state index < -0.39 is 5.60 Å². The molecule has 0 atom stereocenters. The van der Waals surface area contributed by atoms with Gasteiger partial charge in [-0.05, 0) is 82.6 Å². The summed E-state index contributed by atoms with van der Waals surface area (Å²) in [5.74, 6) is 9.13. The van der Waals surface area contributed by atoms with Crippen molar-refractivity contribution in [3.05, 3.63) is 23.3 Å². The molecule has 4 heteroatoms. The summed E-state index contributed by atoms with van der Waals surface area (Å²) in [4.78, 5) is 13.8. The van der Waals surface area contributed by atoms with Crippen LogP contribution in [0.2, 0.25) is 0 Å². The summed E-state index contributed by atoms with van der Waals surface area (Å²) >= 11 is 0. The quantitative estimate of drug-likeness (QED) is 0.438. The Kier molecular flexibility index (Phi) is 6.19. The van der Waals surface area contributed by atoms with Gasteiger partial charge in [-0.1, -0.05) is 5.92 Å². The molecule has 1 aromatic carbocycles. The predicted octanol–water partition coefficient (Wildman–Crippen LogP) is 4.33. The van der Waals surface area contributed by atoms with Gasteiger partial charge in [0.25, 0.3) is 0 Å². The number of hydrogen-bond donors (Lipinski definition) is 0. The molecule has 0 unspecified atom stereocenters. The van der Waals surface area contributed by atoms with Crippen LogP contribution in [0.25, 0.3) is 0 Å². The summed E-state index contributed by atoms with van der Waals surface area (Å²) in [7, 11) is 0.394. The largest absolute Gasteiger partial charge is 0.481 e. The van der Waals surface area contributed by atoms with Crippen LogP contribution in [0.5, 0.6) is 5.75 Å². The van der Waals surface area contributed by atoms with Gasteiger partial charge in [0.05, 0.1) is 0 Å². The van der Waals surface area contributed by atoms with Gasteiger partial charge < -0.3 is 9.47 Å². The Morgan fingerprint density at radius 3 is 2.31 bits per heavy atom. The van der Waals surface area contributed by atoms with E-state index in [1.807, 2.05) is 0 Å². The first-order chi connectivity index (χ1) is 12.5. The second-order valence-electron chi connectivity index (χ2n) is 7.33. The number of carbonyl (C=O) groups excluding carboxylic acids is 1. The fourth-order valence-electron chi connectivity index (χ4n) is 4.00. The number of carbonyl (C=O) groups is 1. The van der Waals surface area contributed by atoms with Gasteiger partial charge in [0, 0.05) is 10.9 Å². The van der Waals surface area contributed by atoms with E-state index in [2.05, 4.69) is 37.8 Å². The second kappa shape index (κ2) is 8.39. The highest BCUT2D eigenvalue weighted by molar-refractivity contribution is 7.97. The Balaban J connectivity index is 1.63. The summed E-state index contributed by atoms with van der Waals surface area (Å²) in [5.41, 5.74) is 1.62.